The quantitative estimate of drug-likeness (QED) is 0.804. The fourth-order valence-corrected chi connectivity index (χ4v) is 1.55. The van der Waals surface area contributed by atoms with Gasteiger partial charge in [0.2, 0.25) is 0 Å². The maximum absolute atomic E-state index is 9.17. The highest BCUT2D eigenvalue weighted by Crippen LogP contribution is 2.03. The van der Waals surface area contributed by atoms with Gasteiger partial charge in [0.1, 0.15) is 0 Å². The molecule has 1 unspecified atom stereocenters. The van der Waals surface area contributed by atoms with Crippen LogP contribution in [0.25, 0.3) is 0 Å². The van der Waals surface area contributed by atoms with Crippen molar-refractivity contribution in [1.82, 2.24) is 5.32 Å². The van der Waals surface area contributed by atoms with E-state index in [1.54, 1.807) is 0 Å². The first-order valence-electron chi connectivity index (χ1n) is 6.13. The van der Waals surface area contributed by atoms with E-state index in [-0.39, 0.29) is 12.6 Å². The molecular weight excluding hydrogens is 198 g/mol. The minimum absolute atomic E-state index is 0.164. The number of aliphatic hydroxyl groups excluding tert-OH is 1. The van der Waals surface area contributed by atoms with Gasteiger partial charge in [0.05, 0.1) is 6.61 Å². The van der Waals surface area contributed by atoms with E-state index >= 15 is 0 Å². The summed E-state index contributed by atoms with van der Waals surface area (Å²) < 4.78 is 0. The first kappa shape index (κ1) is 15.1. The van der Waals surface area contributed by atoms with Crippen molar-refractivity contribution in [3.05, 3.63) is 35.9 Å². The average molecular weight is 223 g/mol. The molecule has 0 fully saturated rings. The molecule has 0 radical (unpaired) electrons. The Bertz CT molecular complexity index is 246. The van der Waals surface area contributed by atoms with Crippen LogP contribution >= 0.6 is 0 Å². The van der Waals surface area contributed by atoms with Crippen molar-refractivity contribution >= 4 is 0 Å². The fraction of sp³-hybridized carbons (Fsp3) is 0.571. The van der Waals surface area contributed by atoms with Crippen LogP contribution in [0.15, 0.2) is 30.3 Å². The lowest BCUT2D eigenvalue weighted by atomic mass is 10.1. The van der Waals surface area contributed by atoms with E-state index < -0.39 is 0 Å². The van der Waals surface area contributed by atoms with Crippen LogP contribution in [0.4, 0.5) is 0 Å². The van der Waals surface area contributed by atoms with Crippen LogP contribution in [0.1, 0.15) is 33.3 Å². The molecule has 0 heterocycles. The van der Waals surface area contributed by atoms with Crippen molar-refractivity contribution in [3.63, 3.8) is 0 Å². The lowest BCUT2D eigenvalue weighted by molar-refractivity contribution is 0.234. The lowest BCUT2D eigenvalue weighted by Crippen LogP contribution is -2.39. The highest BCUT2D eigenvalue weighted by molar-refractivity contribution is 5.15. The smallest absolute Gasteiger partial charge is 0.0587 e. The van der Waals surface area contributed by atoms with Gasteiger partial charge in [-0.1, -0.05) is 58.0 Å². The molecule has 1 aromatic carbocycles. The van der Waals surface area contributed by atoms with Crippen molar-refractivity contribution in [2.45, 2.75) is 46.2 Å². The molecular formula is C14H25NO. The summed E-state index contributed by atoms with van der Waals surface area (Å²) in [6.45, 7) is 8.37. The van der Waals surface area contributed by atoms with E-state index in [9.17, 15) is 5.11 Å². The summed E-state index contributed by atoms with van der Waals surface area (Å²) in [5.41, 5.74) is 1.26. The minimum atomic E-state index is 0.164. The zero-order valence-corrected chi connectivity index (χ0v) is 10.9. The molecule has 0 aliphatic heterocycles. The van der Waals surface area contributed by atoms with Gasteiger partial charge in [0.15, 0.2) is 0 Å². The third-order valence-electron chi connectivity index (χ3n) is 2.11. The van der Waals surface area contributed by atoms with Gasteiger partial charge in [-0.15, -0.1) is 0 Å². The molecule has 0 aromatic heterocycles. The zero-order valence-electron chi connectivity index (χ0n) is 10.9. The second kappa shape index (κ2) is 9.37. The van der Waals surface area contributed by atoms with E-state index in [1.165, 1.54) is 5.56 Å². The molecule has 0 saturated carbocycles. The van der Waals surface area contributed by atoms with E-state index in [2.05, 4.69) is 31.3 Å². The normalized spacial score (nSPS) is 11.9. The number of aliphatic hydroxyl groups is 1. The minimum Gasteiger partial charge on any atom is -0.395 e. The highest BCUT2D eigenvalue weighted by Gasteiger charge is 2.08. The summed E-state index contributed by atoms with van der Waals surface area (Å²) in [6, 6.07) is 10.8. The molecule has 2 heteroatoms. The van der Waals surface area contributed by atoms with Crippen LogP contribution in [0.5, 0.6) is 0 Å². The van der Waals surface area contributed by atoms with Gasteiger partial charge >= 0.3 is 0 Å². The molecule has 0 aliphatic rings. The van der Waals surface area contributed by atoms with Crippen molar-refractivity contribution in [1.29, 1.82) is 0 Å². The van der Waals surface area contributed by atoms with E-state index in [0.717, 1.165) is 6.42 Å². The van der Waals surface area contributed by atoms with Crippen LogP contribution < -0.4 is 5.32 Å². The molecule has 2 N–H and O–H groups in total. The van der Waals surface area contributed by atoms with Crippen LogP contribution in [-0.4, -0.2) is 23.8 Å². The van der Waals surface area contributed by atoms with Crippen molar-refractivity contribution in [3.8, 4) is 0 Å². The number of rotatable bonds is 5. The molecule has 92 valence electrons. The summed E-state index contributed by atoms with van der Waals surface area (Å²) in [5, 5.41) is 12.5. The molecule has 1 atom stereocenters. The predicted octanol–water partition coefficient (Wildman–Crippen LogP) is 2.61. The molecule has 0 amide bonds. The Morgan fingerprint density at radius 1 is 1.12 bits per heavy atom. The Morgan fingerprint density at radius 2 is 1.69 bits per heavy atom. The van der Waals surface area contributed by atoms with Gasteiger partial charge in [0.25, 0.3) is 0 Å². The number of hydrogen-bond donors (Lipinski definition) is 2. The summed E-state index contributed by atoms with van der Waals surface area (Å²) in [5.74, 6) is 0. The maximum atomic E-state index is 9.17. The maximum Gasteiger partial charge on any atom is 0.0587 e. The van der Waals surface area contributed by atoms with Gasteiger partial charge in [-0.25, -0.2) is 0 Å². The first-order valence-corrected chi connectivity index (χ1v) is 6.13. The molecule has 0 saturated heterocycles. The Morgan fingerprint density at radius 3 is 2.12 bits per heavy atom. The SMILES string of the molecule is CC.CC(C)NC(CO)Cc1ccccc1. The third kappa shape index (κ3) is 6.59. The summed E-state index contributed by atoms with van der Waals surface area (Å²) in [7, 11) is 0. The van der Waals surface area contributed by atoms with Gasteiger partial charge in [0, 0.05) is 12.1 Å². The second-order valence-electron chi connectivity index (χ2n) is 3.89. The summed E-state index contributed by atoms with van der Waals surface area (Å²) in [4.78, 5) is 0. The third-order valence-corrected chi connectivity index (χ3v) is 2.11. The average Bonchev–Trinajstić information content (AvgIpc) is 2.31. The molecule has 1 aromatic rings. The van der Waals surface area contributed by atoms with Crippen molar-refractivity contribution in [2.75, 3.05) is 6.61 Å². The van der Waals surface area contributed by atoms with Crippen LogP contribution in [0.3, 0.4) is 0 Å². The van der Waals surface area contributed by atoms with E-state index in [1.807, 2.05) is 32.0 Å². The van der Waals surface area contributed by atoms with Gasteiger partial charge < -0.3 is 10.4 Å². The Labute approximate surface area is 99.7 Å². The predicted molar refractivity (Wildman–Crippen MR) is 70.6 cm³/mol. The van der Waals surface area contributed by atoms with Crippen LogP contribution in [0, 0.1) is 0 Å². The molecule has 2 nitrogen and oxygen atoms in total. The second-order valence-corrected chi connectivity index (χ2v) is 3.89. The fourth-order valence-electron chi connectivity index (χ4n) is 1.55. The van der Waals surface area contributed by atoms with Gasteiger partial charge in [-0.3, -0.25) is 0 Å². The topological polar surface area (TPSA) is 32.3 Å². The largest absolute Gasteiger partial charge is 0.395 e. The van der Waals surface area contributed by atoms with Gasteiger partial charge in [-0.05, 0) is 12.0 Å². The monoisotopic (exact) mass is 223 g/mol. The first-order chi connectivity index (χ1) is 7.72. The molecule has 1 rings (SSSR count). The highest BCUT2D eigenvalue weighted by atomic mass is 16.3. The zero-order chi connectivity index (χ0) is 12.4. The number of hydrogen-bond acceptors (Lipinski definition) is 2. The van der Waals surface area contributed by atoms with Crippen LogP contribution in [-0.2, 0) is 6.42 Å². The number of nitrogens with one attached hydrogen (secondary N) is 1. The van der Waals surface area contributed by atoms with Crippen molar-refractivity contribution in [2.24, 2.45) is 0 Å². The Hall–Kier alpha value is -0.860. The van der Waals surface area contributed by atoms with Crippen LogP contribution in [0.2, 0.25) is 0 Å². The molecule has 16 heavy (non-hydrogen) atoms. The molecule has 0 bridgehead atoms. The van der Waals surface area contributed by atoms with E-state index in [4.69, 9.17) is 0 Å². The lowest BCUT2D eigenvalue weighted by Gasteiger charge is -2.18. The molecule has 0 spiro atoms. The standard InChI is InChI=1S/C12H19NO.C2H6/c1-10(2)13-12(9-14)8-11-6-4-3-5-7-11;1-2/h3-7,10,12-14H,8-9H2,1-2H3;1-2H3. The summed E-state index contributed by atoms with van der Waals surface area (Å²) in [6.07, 6.45) is 0.884. The number of benzene rings is 1. The van der Waals surface area contributed by atoms with Gasteiger partial charge in [-0.2, -0.15) is 0 Å². The van der Waals surface area contributed by atoms with E-state index in [0.29, 0.717) is 6.04 Å². The Kier molecular flexibility index (Phi) is 8.87. The summed E-state index contributed by atoms with van der Waals surface area (Å²) >= 11 is 0. The molecule has 0 aliphatic carbocycles. The Balaban J connectivity index is 0.00000106. The van der Waals surface area contributed by atoms with Crippen molar-refractivity contribution < 1.29 is 5.11 Å².